The summed E-state index contributed by atoms with van der Waals surface area (Å²) in [4.78, 5) is 11.0. The van der Waals surface area contributed by atoms with Crippen LogP contribution in [0.25, 0.3) is 0 Å². The second-order valence-electron chi connectivity index (χ2n) is 7.66. The van der Waals surface area contributed by atoms with Gasteiger partial charge in [-0.05, 0) is 45.6 Å². The molecule has 0 heterocycles. The Kier molecular flexibility index (Phi) is 17.0. The SMILES string of the molecule is CCCCCCCC/C=C\CCCCCCCCNC(C)(CO)C(=O)O. The maximum absolute atomic E-state index is 11.0. The fourth-order valence-corrected chi connectivity index (χ4v) is 2.94. The van der Waals surface area contributed by atoms with E-state index < -0.39 is 11.5 Å². The van der Waals surface area contributed by atoms with E-state index in [2.05, 4.69) is 24.4 Å². The lowest BCUT2D eigenvalue weighted by atomic mass is 10.0. The summed E-state index contributed by atoms with van der Waals surface area (Å²) in [5, 5.41) is 21.1. The first-order valence-electron chi connectivity index (χ1n) is 10.8. The van der Waals surface area contributed by atoms with Gasteiger partial charge < -0.3 is 15.5 Å². The lowest BCUT2D eigenvalue weighted by Crippen LogP contribution is -2.52. The standard InChI is InChI=1S/C22H43NO3/c1-3-4-5-6-7-8-9-10-11-12-13-14-15-16-17-18-19-23-22(2,20-24)21(25)26/h10-11,23-24H,3-9,12-20H2,1-2H3,(H,25,26)/b11-10-. The van der Waals surface area contributed by atoms with Gasteiger partial charge in [-0.15, -0.1) is 0 Å². The monoisotopic (exact) mass is 369 g/mol. The molecule has 0 spiro atoms. The number of aliphatic carboxylic acids is 1. The number of nitrogens with one attached hydrogen (secondary N) is 1. The molecule has 0 aliphatic rings. The molecule has 0 radical (unpaired) electrons. The van der Waals surface area contributed by atoms with Gasteiger partial charge in [0.25, 0.3) is 0 Å². The molecule has 0 rings (SSSR count). The molecule has 0 saturated carbocycles. The highest BCUT2D eigenvalue weighted by molar-refractivity contribution is 5.78. The van der Waals surface area contributed by atoms with E-state index >= 15 is 0 Å². The van der Waals surface area contributed by atoms with E-state index in [1.807, 2.05) is 0 Å². The molecule has 0 bridgehead atoms. The van der Waals surface area contributed by atoms with Crippen molar-refractivity contribution in [1.29, 1.82) is 0 Å². The summed E-state index contributed by atoms with van der Waals surface area (Å²) < 4.78 is 0. The van der Waals surface area contributed by atoms with Crippen LogP contribution >= 0.6 is 0 Å². The Labute approximate surface area is 161 Å². The summed E-state index contributed by atoms with van der Waals surface area (Å²) >= 11 is 0. The Balaban J connectivity index is 3.31. The first kappa shape index (κ1) is 25.1. The molecule has 1 unspecified atom stereocenters. The topological polar surface area (TPSA) is 69.6 Å². The zero-order chi connectivity index (χ0) is 19.5. The number of aliphatic hydroxyl groups excluding tert-OH is 1. The lowest BCUT2D eigenvalue weighted by Gasteiger charge is -2.23. The third-order valence-electron chi connectivity index (χ3n) is 4.99. The minimum absolute atomic E-state index is 0.380. The van der Waals surface area contributed by atoms with Gasteiger partial charge in [0.15, 0.2) is 0 Å². The molecule has 0 aromatic rings. The smallest absolute Gasteiger partial charge is 0.326 e. The van der Waals surface area contributed by atoms with Crippen molar-refractivity contribution in [2.75, 3.05) is 13.2 Å². The number of hydrogen-bond acceptors (Lipinski definition) is 3. The summed E-state index contributed by atoms with van der Waals surface area (Å²) in [6, 6.07) is 0. The number of carboxylic acid groups (broad SMARTS) is 1. The molecule has 0 aliphatic heterocycles. The molecule has 26 heavy (non-hydrogen) atoms. The van der Waals surface area contributed by atoms with Gasteiger partial charge in [-0.2, -0.15) is 0 Å². The Morgan fingerprint density at radius 2 is 1.31 bits per heavy atom. The summed E-state index contributed by atoms with van der Waals surface area (Å²) in [7, 11) is 0. The number of carbonyl (C=O) groups is 1. The molecule has 4 heteroatoms. The van der Waals surface area contributed by atoms with Crippen LogP contribution in [0.5, 0.6) is 0 Å². The molecular formula is C22H43NO3. The summed E-state index contributed by atoms with van der Waals surface area (Å²) in [5.41, 5.74) is -1.21. The van der Waals surface area contributed by atoms with Gasteiger partial charge in [0.2, 0.25) is 0 Å². The van der Waals surface area contributed by atoms with Crippen molar-refractivity contribution >= 4 is 5.97 Å². The summed E-state index contributed by atoms with van der Waals surface area (Å²) in [5.74, 6) is -0.996. The normalized spacial score (nSPS) is 14.0. The number of rotatable bonds is 19. The van der Waals surface area contributed by atoms with Crippen LogP contribution in [0.2, 0.25) is 0 Å². The van der Waals surface area contributed by atoms with Gasteiger partial charge in [-0.25, -0.2) is 0 Å². The van der Waals surface area contributed by atoms with Gasteiger partial charge in [0.1, 0.15) is 5.54 Å². The molecule has 0 aliphatic carbocycles. The average Bonchev–Trinajstić information content (AvgIpc) is 2.63. The summed E-state index contributed by atoms with van der Waals surface area (Å²) in [6.07, 6.45) is 22.4. The van der Waals surface area contributed by atoms with Gasteiger partial charge in [-0.1, -0.05) is 76.9 Å². The Morgan fingerprint density at radius 3 is 1.77 bits per heavy atom. The Morgan fingerprint density at radius 1 is 0.846 bits per heavy atom. The predicted molar refractivity (Wildman–Crippen MR) is 111 cm³/mol. The highest BCUT2D eigenvalue weighted by Gasteiger charge is 2.31. The zero-order valence-corrected chi connectivity index (χ0v) is 17.3. The van der Waals surface area contributed by atoms with Crippen LogP contribution in [0, 0.1) is 0 Å². The van der Waals surface area contributed by atoms with Crippen LogP contribution < -0.4 is 5.32 Å². The maximum Gasteiger partial charge on any atom is 0.326 e. The number of aliphatic hydroxyl groups is 1. The maximum atomic E-state index is 11.0. The first-order chi connectivity index (χ1) is 12.6. The van der Waals surface area contributed by atoms with Gasteiger partial charge in [-0.3, -0.25) is 4.79 Å². The van der Waals surface area contributed by atoms with E-state index in [-0.39, 0.29) is 6.61 Å². The number of carboxylic acids is 1. The predicted octanol–water partition coefficient (Wildman–Crippen LogP) is 5.45. The molecule has 0 fully saturated rings. The minimum atomic E-state index is -1.21. The number of hydrogen-bond donors (Lipinski definition) is 3. The molecular weight excluding hydrogens is 326 g/mol. The molecule has 1 atom stereocenters. The Hall–Kier alpha value is -0.870. The number of allylic oxidation sites excluding steroid dienone is 2. The lowest BCUT2D eigenvalue weighted by molar-refractivity contribution is -0.145. The molecule has 4 nitrogen and oxygen atoms in total. The third kappa shape index (κ3) is 14.3. The molecule has 0 aromatic heterocycles. The Bertz CT molecular complexity index is 357. The van der Waals surface area contributed by atoms with Crippen LogP contribution in [0.3, 0.4) is 0 Å². The van der Waals surface area contributed by atoms with E-state index in [1.165, 1.54) is 84.0 Å². The quantitative estimate of drug-likeness (QED) is 0.209. The fourth-order valence-electron chi connectivity index (χ4n) is 2.94. The molecule has 0 saturated heterocycles. The first-order valence-corrected chi connectivity index (χ1v) is 10.8. The average molecular weight is 370 g/mol. The van der Waals surface area contributed by atoms with Crippen LogP contribution in [0.15, 0.2) is 12.2 Å². The van der Waals surface area contributed by atoms with E-state index in [4.69, 9.17) is 10.2 Å². The van der Waals surface area contributed by atoms with Gasteiger partial charge >= 0.3 is 5.97 Å². The second-order valence-corrected chi connectivity index (χ2v) is 7.66. The van der Waals surface area contributed by atoms with Crippen molar-refractivity contribution in [2.24, 2.45) is 0 Å². The van der Waals surface area contributed by atoms with Gasteiger partial charge in [0, 0.05) is 0 Å². The van der Waals surface area contributed by atoms with Crippen molar-refractivity contribution in [2.45, 2.75) is 109 Å². The molecule has 0 aromatic carbocycles. The third-order valence-corrected chi connectivity index (χ3v) is 4.99. The highest BCUT2D eigenvalue weighted by Crippen LogP contribution is 2.10. The van der Waals surface area contributed by atoms with Crippen LogP contribution in [0.1, 0.15) is 104 Å². The molecule has 3 N–H and O–H groups in total. The molecule has 154 valence electrons. The highest BCUT2D eigenvalue weighted by atomic mass is 16.4. The largest absolute Gasteiger partial charge is 0.480 e. The van der Waals surface area contributed by atoms with E-state index in [9.17, 15) is 4.79 Å². The van der Waals surface area contributed by atoms with Gasteiger partial charge in [0.05, 0.1) is 6.61 Å². The number of unbranched alkanes of at least 4 members (excludes halogenated alkanes) is 12. The minimum Gasteiger partial charge on any atom is -0.480 e. The van der Waals surface area contributed by atoms with E-state index in [0.717, 1.165) is 12.8 Å². The second kappa shape index (κ2) is 17.5. The van der Waals surface area contributed by atoms with Crippen molar-refractivity contribution in [3.05, 3.63) is 12.2 Å². The van der Waals surface area contributed by atoms with Crippen LogP contribution in [-0.2, 0) is 4.79 Å². The van der Waals surface area contributed by atoms with Crippen LogP contribution in [-0.4, -0.2) is 34.9 Å². The zero-order valence-electron chi connectivity index (χ0n) is 17.3. The van der Waals surface area contributed by atoms with Crippen molar-refractivity contribution in [3.8, 4) is 0 Å². The van der Waals surface area contributed by atoms with Crippen molar-refractivity contribution in [1.82, 2.24) is 5.32 Å². The van der Waals surface area contributed by atoms with E-state index in [0.29, 0.717) is 6.54 Å². The van der Waals surface area contributed by atoms with E-state index in [1.54, 1.807) is 0 Å². The fraction of sp³-hybridized carbons (Fsp3) is 0.864. The van der Waals surface area contributed by atoms with Crippen molar-refractivity contribution < 1.29 is 15.0 Å². The van der Waals surface area contributed by atoms with Crippen molar-refractivity contribution in [3.63, 3.8) is 0 Å². The summed E-state index contributed by atoms with van der Waals surface area (Å²) in [6.45, 7) is 4.05. The molecule has 0 amide bonds. The van der Waals surface area contributed by atoms with Crippen LogP contribution in [0.4, 0.5) is 0 Å².